The van der Waals surface area contributed by atoms with Crippen molar-refractivity contribution in [2.75, 3.05) is 42.3 Å². The van der Waals surface area contributed by atoms with Gasteiger partial charge in [-0.1, -0.05) is 0 Å². The van der Waals surface area contributed by atoms with Gasteiger partial charge in [0.25, 0.3) is 0 Å². The van der Waals surface area contributed by atoms with Crippen LogP contribution in [0.2, 0.25) is 0 Å². The van der Waals surface area contributed by atoms with Gasteiger partial charge in [-0.05, 0) is 18.2 Å². The van der Waals surface area contributed by atoms with Crippen LogP contribution in [0.3, 0.4) is 0 Å². The number of aromatic nitrogens is 1. The fourth-order valence-electron chi connectivity index (χ4n) is 1.38. The van der Waals surface area contributed by atoms with E-state index in [1.54, 1.807) is 24.9 Å². The number of aliphatic hydroxyl groups excluding tert-OH is 1. The van der Waals surface area contributed by atoms with E-state index in [0.717, 1.165) is 17.9 Å². The van der Waals surface area contributed by atoms with Crippen LogP contribution in [0.25, 0.3) is 0 Å². The van der Waals surface area contributed by atoms with Crippen molar-refractivity contribution in [3.05, 3.63) is 22.2 Å². The summed E-state index contributed by atoms with van der Waals surface area (Å²) in [5.74, 6) is 2.55. The summed E-state index contributed by atoms with van der Waals surface area (Å²) in [4.78, 5) is 14.6. The molecule has 8 heteroatoms. The Labute approximate surface area is 116 Å². The van der Waals surface area contributed by atoms with Crippen molar-refractivity contribution >= 4 is 29.1 Å². The number of pyridine rings is 1. The number of nitro groups is 1. The van der Waals surface area contributed by atoms with E-state index in [1.165, 1.54) is 6.07 Å². The van der Waals surface area contributed by atoms with Crippen molar-refractivity contribution in [2.45, 2.75) is 6.42 Å². The third-order valence-electron chi connectivity index (χ3n) is 2.31. The first-order valence-corrected chi connectivity index (χ1v) is 7.10. The van der Waals surface area contributed by atoms with Gasteiger partial charge in [0.1, 0.15) is 5.82 Å². The van der Waals surface area contributed by atoms with Crippen LogP contribution in [0.5, 0.6) is 0 Å². The third kappa shape index (κ3) is 5.31. The van der Waals surface area contributed by atoms with E-state index in [1.807, 2.05) is 0 Å². The van der Waals surface area contributed by atoms with Crippen molar-refractivity contribution in [3.63, 3.8) is 0 Å². The predicted molar refractivity (Wildman–Crippen MR) is 78.0 cm³/mol. The minimum absolute atomic E-state index is 0.0284. The van der Waals surface area contributed by atoms with Gasteiger partial charge in [-0.25, -0.2) is 4.98 Å². The summed E-state index contributed by atoms with van der Waals surface area (Å²) in [5.41, 5.74) is -0.0284. The quantitative estimate of drug-likeness (QED) is 0.360. The molecule has 0 atom stereocenters. The van der Waals surface area contributed by atoms with Gasteiger partial charge in [0.2, 0.25) is 5.82 Å². The summed E-state index contributed by atoms with van der Waals surface area (Å²) in [6.45, 7) is 0.786. The number of aliphatic hydroxyl groups is 1. The number of nitrogens with zero attached hydrogens (tertiary/aromatic N) is 2. The Morgan fingerprint density at radius 2 is 2.26 bits per heavy atom. The Hall–Kier alpha value is -1.54. The Bertz CT molecular complexity index is 417. The van der Waals surface area contributed by atoms with E-state index in [9.17, 15) is 10.1 Å². The molecule has 1 aromatic rings. The molecule has 0 aromatic carbocycles. The molecule has 1 rings (SSSR count). The van der Waals surface area contributed by atoms with E-state index < -0.39 is 4.92 Å². The standard InChI is InChI=1S/C11H18N4O3S/c1-12-10-4-3-9(15(17)18)11(14-10)13-5-8-19-7-2-6-16/h3-4,16H,2,5-8H2,1H3,(H2,12,13,14). The average molecular weight is 286 g/mol. The highest BCUT2D eigenvalue weighted by molar-refractivity contribution is 7.99. The van der Waals surface area contributed by atoms with Gasteiger partial charge < -0.3 is 15.7 Å². The number of thioether (sulfide) groups is 1. The van der Waals surface area contributed by atoms with Crippen LogP contribution >= 0.6 is 11.8 Å². The number of hydrogen-bond acceptors (Lipinski definition) is 7. The zero-order chi connectivity index (χ0) is 14.1. The molecule has 1 aromatic heterocycles. The lowest BCUT2D eigenvalue weighted by Crippen LogP contribution is -2.09. The van der Waals surface area contributed by atoms with E-state index >= 15 is 0 Å². The predicted octanol–water partition coefficient (Wildman–Crippen LogP) is 1.56. The summed E-state index contributed by atoms with van der Waals surface area (Å²) in [7, 11) is 1.71. The van der Waals surface area contributed by atoms with Crippen molar-refractivity contribution in [1.29, 1.82) is 0 Å². The molecule has 0 saturated heterocycles. The molecule has 0 aliphatic heterocycles. The van der Waals surface area contributed by atoms with Crippen LogP contribution in [-0.2, 0) is 0 Å². The summed E-state index contributed by atoms with van der Waals surface area (Å²) in [6.07, 6.45) is 0.762. The van der Waals surface area contributed by atoms with Gasteiger partial charge in [-0.2, -0.15) is 11.8 Å². The summed E-state index contributed by atoms with van der Waals surface area (Å²) >= 11 is 1.69. The normalized spacial score (nSPS) is 10.2. The van der Waals surface area contributed by atoms with Crippen molar-refractivity contribution in [1.82, 2.24) is 4.98 Å². The van der Waals surface area contributed by atoms with Crippen LogP contribution in [0.4, 0.5) is 17.3 Å². The van der Waals surface area contributed by atoms with Gasteiger partial charge in [0, 0.05) is 32.0 Å². The minimum Gasteiger partial charge on any atom is -0.396 e. The maximum Gasteiger partial charge on any atom is 0.311 e. The zero-order valence-corrected chi connectivity index (χ0v) is 11.6. The van der Waals surface area contributed by atoms with Crippen molar-refractivity contribution < 1.29 is 10.0 Å². The summed E-state index contributed by atoms with van der Waals surface area (Å²) in [5, 5.41) is 25.3. The molecule has 0 amide bonds. The van der Waals surface area contributed by atoms with Gasteiger partial charge in [0.15, 0.2) is 0 Å². The molecule has 0 saturated carbocycles. The van der Waals surface area contributed by atoms with Crippen molar-refractivity contribution in [2.24, 2.45) is 0 Å². The fraction of sp³-hybridized carbons (Fsp3) is 0.545. The van der Waals surface area contributed by atoms with Gasteiger partial charge in [0.05, 0.1) is 4.92 Å². The smallest absolute Gasteiger partial charge is 0.311 e. The van der Waals surface area contributed by atoms with E-state index in [4.69, 9.17) is 5.11 Å². The second kappa shape index (κ2) is 8.54. The summed E-state index contributed by atoms with van der Waals surface area (Å²) < 4.78 is 0. The Balaban J connectivity index is 2.52. The van der Waals surface area contributed by atoms with Crippen LogP contribution < -0.4 is 10.6 Å². The first-order chi connectivity index (χ1) is 9.19. The average Bonchev–Trinajstić information content (AvgIpc) is 2.42. The Morgan fingerprint density at radius 1 is 1.47 bits per heavy atom. The topological polar surface area (TPSA) is 100 Å². The maximum absolute atomic E-state index is 10.9. The number of rotatable bonds is 9. The Morgan fingerprint density at radius 3 is 2.89 bits per heavy atom. The van der Waals surface area contributed by atoms with Gasteiger partial charge in [-0.3, -0.25) is 10.1 Å². The molecule has 3 N–H and O–H groups in total. The molecule has 0 unspecified atom stereocenters. The zero-order valence-electron chi connectivity index (χ0n) is 10.8. The highest BCUT2D eigenvalue weighted by atomic mass is 32.2. The molecule has 0 radical (unpaired) electrons. The van der Waals surface area contributed by atoms with E-state index in [-0.39, 0.29) is 18.1 Å². The first-order valence-electron chi connectivity index (χ1n) is 5.94. The number of anilines is 2. The molecule has 1 heterocycles. The first kappa shape index (κ1) is 15.5. The molecule has 0 aliphatic rings. The highest BCUT2D eigenvalue weighted by Crippen LogP contribution is 2.23. The lowest BCUT2D eigenvalue weighted by molar-refractivity contribution is -0.384. The molecule has 0 fully saturated rings. The molecule has 19 heavy (non-hydrogen) atoms. The van der Waals surface area contributed by atoms with E-state index in [2.05, 4.69) is 15.6 Å². The molecular weight excluding hydrogens is 268 g/mol. The van der Waals surface area contributed by atoms with Crippen LogP contribution in [0, 0.1) is 10.1 Å². The third-order valence-corrected chi connectivity index (χ3v) is 3.38. The molecule has 0 aliphatic carbocycles. The van der Waals surface area contributed by atoms with Crippen LogP contribution in [0.15, 0.2) is 12.1 Å². The number of nitrogens with one attached hydrogen (secondary N) is 2. The molecule has 0 bridgehead atoms. The van der Waals surface area contributed by atoms with E-state index in [0.29, 0.717) is 12.4 Å². The van der Waals surface area contributed by atoms with Gasteiger partial charge in [-0.15, -0.1) is 0 Å². The monoisotopic (exact) mass is 286 g/mol. The summed E-state index contributed by atoms with van der Waals surface area (Å²) in [6, 6.07) is 3.00. The molecular formula is C11H18N4O3S. The second-order valence-electron chi connectivity index (χ2n) is 3.69. The minimum atomic E-state index is -0.451. The SMILES string of the molecule is CNc1ccc([N+](=O)[O-])c(NCCSCCCO)n1. The lowest BCUT2D eigenvalue weighted by atomic mass is 10.3. The Kier molecular flexibility index (Phi) is 6.98. The molecule has 7 nitrogen and oxygen atoms in total. The van der Waals surface area contributed by atoms with Crippen molar-refractivity contribution in [3.8, 4) is 0 Å². The van der Waals surface area contributed by atoms with Crippen LogP contribution in [0.1, 0.15) is 6.42 Å². The molecule has 0 spiro atoms. The lowest BCUT2D eigenvalue weighted by Gasteiger charge is -2.07. The second-order valence-corrected chi connectivity index (χ2v) is 4.91. The molecule has 106 valence electrons. The maximum atomic E-state index is 10.9. The van der Waals surface area contributed by atoms with Crippen LogP contribution in [-0.4, -0.2) is 46.7 Å². The van der Waals surface area contributed by atoms with Gasteiger partial charge >= 0.3 is 5.69 Å². The largest absolute Gasteiger partial charge is 0.396 e. The highest BCUT2D eigenvalue weighted by Gasteiger charge is 2.15. The number of hydrogen-bond donors (Lipinski definition) is 3. The fourth-order valence-corrected chi connectivity index (χ4v) is 2.16.